The summed E-state index contributed by atoms with van der Waals surface area (Å²) in [4.78, 5) is 21.4. The second-order valence-electron chi connectivity index (χ2n) is 5.07. The van der Waals surface area contributed by atoms with Crippen LogP contribution in [-0.2, 0) is 4.79 Å². The van der Waals surface area contributed by atoms with Crippen molar-refractivity contribution in [2.75, 3.05) is 5.75 Å². The number of thiophene rings is 1. The second-order valence-corrected chi connectivity index (χ2v) is 6.93. The Kier molecular flexibility index (Phi) is 6.45. The topological polar surface area (TPSA) is 54.9 Å². The summed E-state index contributed by atoms with van der Waals surface area (Å²) in [7, 11) is 0. The maximum atomic E-state index is 12.0. The first-order chi connectivity index (χ1) is 10.2. The summed E-state index contributed by atoms with van der Waals surface area (Å²) in [6, 6.07) is 2.25. The van der Waals surface area contributed by atoms with Crippen molar-refractivity contribution >= 4 is 39.2 Å². The highest BCUT2D eigenvalue weighted by Gasteiger charge is 2.10. The van der Waals surface area contributed by atoms with Crippen LogP contribution < -0.4 is 5.32 Å². The van der Waals surface area contributed by atoms with Gasteiger partial charge in [0.25, 0.3) is 0 Å². The van der Waals surface area contributed by atoms with E-state index in [1.807, 2.05) is 11.4 Å². The number of rotatable bonds is 8. The van der Waals surface area contributed by atoms with E-state index in [-0.39, 0.29) is 11.9 Å². The first-order valence-corrected chi connectivity index (χ1v) is 9.17. The molecule has 0 fully saturated rings. The lowest BCUT2D eigenvalue weighted by Crippen LogP contribution is -2.33. The lowest BCUT2D eigenvalue weighted by atomic mass is 10.1. The third-order valence-corrected chi connectivity index (χ3v) is 5.04. The van der Waals surface area contributed by atoms with Gasteiger partial charge in [-0.3, -0.25) is 4.79 Å². The van der Waals surface area contributed by atoms with Gasteiger partial charge in [0.15, 0.2) is 0 Å². The molecule has 2 aromatic heterocycles. The molecular formula is C15H21N3OS2. The van der Waals surface area contributed by atoms with Crippen LogP contribution in [0.15, 0.2) is 22.8 Å². The van der Waals surface area contributed by atoms with Crippen LogP contribution in [0.3, 0.4) is 0 Å². The van der Waals surface area contributed by atoms with Crippen LogP contribution >= 0.6 is 23.1 Å². The molecule has 0 saturated carbocycles. The van der Waals surface area contributed by atoms with E-state index in [2.05, 4.69) is 29.1 Å². The maximum absolute atomic E-state index is 12.0. The van der Waals surface area contributed by atoms with Gasteiger partial charge >= 0.3 is 0 Å². The van der Waals surface area contributed by atoms with Gasteiger partial charge < -0.3 is 5.32 Å². The quantitative estimate of drug-likeness (QED) is 0.455. The highest BCUT2D eigenvalue weighted by Crippen LogP contribution is 2.27. The minimum absolute atomic E-state index is 0.0750. The number of nitrogens with one attached hydrogen (secondary N) is 1. The van der Waals surface area contributed by atoms with E-state index < -0.39 is 0 Å². The number of fused-ring (bicyclic) bond motifs is 1. The highest BCUT2D eigenvalue weighted by atomic mass is 32.2. The van der Waals surface area contributed by atoms with Crippen molar-refractivity contribution in [1.29, 1.82) is 0 Å². The van der Waals surface area contributed by atoms with Crippen LogP contribution in [0.25, 0.3) is 10.2 Å². The maximum Gasteiger partial charge on any atom is 0.230 e. The zero-order chi connectivity index (χ0) is 15.1. The van der Waals surface area contributed by atoms with Crippen molar-refractivity contribution in [3.8, 4) is 0 Å². The first kappa shape index (κ1) is 16.2. The molecule has 1 amide bonds. The third kappa shape index (κ3) is 4.97. The molecule has 0 saturated heterocycles. The molecule has 0 bridgehead atoms. The van der Waals surface area contributed by atoms with Gasteiger partial charge in [0.2, 0.25) is 5.91 Å². The summed E-state index contributed by atoms with van der Waals surface area (Å²) in [5.41, 5.74) is 0. The lowest BCUT2D eigenvalue weighted by Gasteiger charge is -2.13. The van der Waals surface area contributed by atoms with Gasteiger partial charge in [0.05, 0.1) is 5.75 Å². The van der Waals surface area contributed by atoms with Gasteiger partial charge in [-0.05, 0) is 24.8 Å². The van der Waals surface area contributed by atoms with Crippen LogP contribution in [0, 0.1) is 0 Å². The SMILES string of the molecule is CCCCC[C@H](C)NC(=O)CSc1ncnc2sccc12. The van der Waals surface area contributed by atoms with E-state index in [9.17, 15) is 4.79 Å². The average molecular weight is 323 g/mol. The Morgan fingerprint density at radius 3 is 3.10 bits per heavy atom. The fourth-order valence-electron chi connectivity index (χ4n) is 2.11. The Morgan fingerprint density at radius 2 is 2.29 bits per heavy atom. The summed E-state index contributed by atoms with van der Waals surface area (Å²) in [6.07, 6.45) is 6.22. The van der Waals surface area contributed by atoms with E-state index in [0.717, 1.165) is 21.7 Å². The van der Waals surface area contributed by atoms with Gasteiger partial charge in [-0.15, -0.1) is 11.3 Å². The lowest BCUT2D eigenvalue weighted by molar-refractivity contribution is -0.119. The van der Waals surface area contributed by atoms with Crippen molar-refractivity contribution in [3.05, 3.63) is 17.8 Å². The van der Waals surface area contributed by atoms with Gasteiger partial charge in [0, 0.05) is 11.4 Å². The molecular weight excluding hydrogens is 302 g/mol. The van der Waals surface area contributed by atoms with Crippen molar-refractivity contribution in [2.45, 2.75) is 50.6 Å². The summed E-state index contributed by atoms with van der Waals surface area (Å²) < 4.78 is 0. The Hall–Kier alpha value is -1.14. The van der Waals surface area contributed by atoms with Crippen molar-refractivity contribution in [3.63, 3.8) is 0 Å². The molecule has 21 heavy (non-hydrogen) atoms. The predicted octanol–water partition coefficient (Wildman–Crippen LogP) is 3.87. The smallest absolute Gasteiger partial charge is 0.230 e. The predicted molar refractivity (Wildman–Crippen MR) is 89.9 cm³/mol. The number of thioether (sulfide) groups is 1. The zero-order valence-electron chi connectivity index (χ0n) is 12.5. The number of hydrogen-bond donors (Lipinski definition) is 1. The minimum atomic E-state index is 0.0750. The molecule has 0 aliphatic heterocycles. The molecule has 4 nitrogen and oxygen atoms in total. The van der Waals surface area contributed by atoms with Gasteiger partial charge in [-0.25, -0.2) is 9.97 Å². The summed E-state index contributed by atoms with van der Waals surface area (Å²) >= 11 is 3.07. The second kappa shape index (κ2) is 8.34. The molecule has 1 N–H and O–H groups in total. The minimum Gasteiger partial charge on any atom is -0.353 e. The number of aromatic nitrogens is 2. The molecule has 0 aliphatic rings. The molecule has 1 atom stereocenters. The molecule has 0 aliphatic carbocycles. The number of hydrogen-bond acceptors (Lipinski definition) is 5. The molecule has 0 radical (unpaired) electrons. The van der Waals surface area contributed by atoms with Crippen LogP contribution in [0.4, 0.5) is 0 Å². The number of unbranched alkanes of at least 4 members (excludes halogenated alkanes) is 2. The number of amides is 1. The largest absolute Gasteiger partial charge is 0.353 e. The van der Waals surface area contributed by atoms with Crippen molar-refractivity contribution in [1.82, 2.24) is 15.3 Å². The third-order valence-electron chi connectivity index (χ3n) is 3.21. The average Bonchev–Trinajstić information content (AvgIpc) is 2.94. The molecule has 2 rings (SSSR count). The summed E-state index contributed by atoms with van der Waals surface area (Å²) in [5, 5.41) is 6.97. The van der Waals surface area contributed by atoms with E-state index in [4.69, 9.17) is 0 Å². The van der Waals surface area contributed by atoms with E-state index in [0.29, 0.717) is 5.75 Å². The van der Waals surface area contributed by atoms with E-state index in [1.165, 1.54) is 31.0 Å². The monoisotopic (exact) mass is 323 g/mol. The van der Waals surface area contributed by atoms with Crippen LogP contribution in [0.2, 0.25) is 0 Å². The van der Waals surface area contributed by atoms with Gasteiger partial charge in [-0.1, -0.05) is 37.9 Å². The van der Waals surface area contributed by atoms with Crippen LogP contribution in [0.5, 0.6) is 0 Å². The number of carbonyl (C=O) groups excluding carboxylic acids is 1. The van der Waals surface area contributed by atoms with Crippen molar-refractivity contribution < 1.29 is 4.79 Å². The first-order valence-electron chi connectivity index (χ1n) is 7.31. The van der Waals surface area contributed by atoms with Gasteiger partial charge in [-0.2, -0.15) is 0 Å². The molecule has 2 heterocycles. The summed E-state index contributed by atoms with van der Waals surface area (Å²) in [6.45, 7) is 4.26. The van der Waals surface area contributed by atoms with E-state index >= 15 is 0 Å². The molecule has 0 aromatic carbocycles. The Morgan fingerprint density at radius 1 is 1.43 bits per heavy atom. The molecule has 6 heteroatoms. The van der Waals surface area contributed by atoms with Gasteiger partial charge in [0.1, 0.15) is 16.2 Å². The Bertz CT molecular complexity index is 585. The number of carbonyl (C=O) groups is 1. The molecule has 0 spiro atoms. The fourth-order valence-corrected chi connectivity index (χ4v) is 3.70. The zero-order valence-corrected chi connectivity index (χ0v) is 14.1. The van der Waals surface area contributed by atoms with E-state index in [1.54, 1.807) is 17.7 Å². The standard InChI is InChI=1S/C15H21N3OS2/c1-3-4-5-6-11(2)18-13(19)9-21-15-12-7-8-20-14(12)16-10-17-15/h7-8,10-11H,3-6,9H2,1-2H3,(H,18,19)/t11-/m0/s1. The molecule has 0 unspecified atom stereocenters. The molecule has 2 aromatic rings. The van der Waals surface area contributed by atoms with Crippen LogP contribution in [-0.4, -0.2) is 27.7 Å². The Balaban J connectivity index is 1.80. The summed E-state index contributed by atoms with van der Waals surface area (Å²) in [5.74, 6) is 0.478. The highest BCUT2D eigenvalue weighted by molar-refractivity contribution is 8.00. The Labute approximate surface area is 133 Å². The normalized spacial score (nSPS) is 12.5. The number of nitrogens with zero attached hydrogens (tertiary/aromatic N) is 2. The molecule has 114 valence electrons. The van der Waals surface area contributed by atoms with Crippen molar-refractivity contribution in [2.24, 2.45) is 0 Å². The van der Waals surface area contributed by atoms with Crippen LogP contribution in [0.1, 0.15) is 39.5 Å². The fraction of sp³-hybridized carbons (Fsp3) is 0.533.